The molecule has 9 nitrogen and oxygen atoms in total. The van der Waals surface area contributed by atoms with Crippen LogP contribution in [0.1, 0.15) is 23.9 Å². The Kier molecular flexibility index (Phi) is 5.02. The second kappa shape index (κ2) is 7.55. The van der Waals surface area contributed by atoms with E-state index in [1.54, 1.807) is 17.0 Å². The summed E-state index contributed by atoms with van der Waals surface area (Å²) >= 11 is 1.32. The van der Waals surface area contributed by atoms with Crippen molar-refractivity contribution in [2.45, 2.75) is 20.8 Å². The molecule has 0 bridgehead atoms. The van der Waals surface area contributed by atoms with Crippen molar-refractivity contribution in [3.63, 3.8) is 0 Å². The number of ether oxygens (including phenoxy) is 1. The molecule has 0 spiro atoms. The van der Waals surface area contributed by atoms with E-state index in [1.165, 1.54) is 31.0 Å². The zero-order valence-electron chi connectivity index (χ0n) is 17.3. The van der Waals surface area contributed by atoms with E-state index < -0.39 is 10.8 Å². The predicted octanol–water partition coefficient (Wildman–Crippen LogP) is 4.18. The summed E-state index contributed by atoms with van der Waals surface area (Å²) in [6.07, 6.45) is 1.66. The maximum Gasteiger partial charge on any atom is 0.283 e. The summed E-state index contributed by atoms with van der Waals surface area (Å²) in [4.78, 5) is 29.0. The lowest BCUT2D eigenvalue weighted by atomic mass is 10.1. The van der Waals surface area contributed by atoms with Crippen molar-refractivity contribution < 1.29 is 14.5 Å². The van der Waals surface area contributed by atoms with E-state index in [0.29, 0.717) is 16.6 Å². The van der Waals surface area contributed by atoms with Gasteiger partial charge in [0.25, 0.3) is 11.6 Å². The zero-order valence-corrected chi connectivity index (χ0v) is 18.1. The third-order valence-electron chi connectivity index (χ3n) is 5.17. The van der Waals surface area contributed by atoms with Crippen LogP contribution in [0.15, 0.2) is 45.9 Å². The topological polar surface area (TPSA) is 114 Å². The number of methoxy groups -OCH3 is 1. The molecule has 1 amide bonds. The first-order chi connectivity index (χ1) is 14.7. The van der Waals surface area contributed by atoms with Gasteiger partial charge in [-0.15, -0.1) is 0 Å². The minimum absolute atomic E-state index is 0.0628. The van der Waals surface area contributed by atoms with Gasteiger partial charge in [0.2, 0.25) is 0 Å². The number of rotatable bonds is 4. The number of hydrogen-bond acceptors (Lipinski definition) is 6. The predicted molar refractivity (Wildman–Crippen MR) is 120 cm³/mol. The molecule has 31 heavy (non-hydrogen) atoms. The molecule has 3 heterocycles. The van der Waals surface area contributed by atoms with Crippen LogP contribution in [0.3, 0.4) is 0 Å². The monoisotopic (exact) mass is 437 g/mol. The molecule has 2 aromatic rings. The fourth-order valence-electron chi connectivity index (χ4n) is 3.67. The molecule has 0 radical (unpaired) electrons. The average Bonchev–Trinajstić information content (AvgIpc) is 3.23. The summed E-state index contributed by atoms with van der Waals surface area (Å²) in [5.74, 6) is -0.00294. The van der Waals surface area contributed by atoms with Crippen LogP contribution in [0.2, 0.25) is 0 Å². The molecule has 4 rings (SSSR count). The molecular formula is C21H19N5O4S. The molecule has 0 fully saturated rings. The third-order valence-corrected chi connectivity index (χ3v) is 6.11. The van der Waals surface area contributed by atoms with Crippen molar-refractivity contribution in [2.24, 2.45) is 4.99 Å². The van der Waals surface area contributed by atoms with Crippen LogP contribution in [0, 0.1) is 29.4 Å². The number of aliphatic imine (C=N–C) groups is 1. The number of nitrogens with one attached hydrogen (secondary N) is 1. The highest BCUT2D eigenvalue weighted by Crippen LogP contribution is 2.34. The molecule has 0 saturated heterocycles. The van der Waals surface area contributed by atoms with Gasteiger partial charge in [-0.05, 0) is 50.0 Å². The molecule has 2 aliphatic rings. The SMILES string of the molecule is COc1cc([N+](=O)[O-])ccc1-n1c(C)cc(C=C2C(=N)N3C(C)=CSC3=NC2=O)c1C. The summed E-state index contributed by atoms with van der Waals surface area (Å²) in [6, 6.07) is 6.33. The van der Waals surface area contributed by atoms with Crippen LogP contribution in [-0.4, -0.2) is 38.4 Å². The van der Waals surface area contributed by atoms with Gasteiger partial charge >= 0.3 is 0 Å². The highest BCUT2D eigenvalue weighted by Gasteiger charge is 2.34. The molecule has 10 heteroatoms. The van der Waals surface area contributed by atoms with Crippen molar-refractivity contribution in [2.75, 3.05) is 7.11 Å². The lowest BCUT2D eigenvalue weighted by Gasteiger charge is -2.25. The number of carbonyl (C=O) groups excluding carboxylic acids is 1. The maximum absolute atomic E-state index is 12.6. The van der Waals surface area contributed by atoms with Gasteiger partial charge in [-0.25, -0.2) is 0 Å². The first-order valence-electron chi connectivity index (χ1n) is 9.32. The number of amidine groups is 2. The molecule has 1 aromatic carbocycles. The maximum atomic E-state index is 12.6. The van der Waals surface area contributed by atoms with E-state index in [1.807, 2.05) is 36.8 Å². The molecule has 1 N–H and O–H groups in total. The van der Waals surface area contributed by atoms with Gasteiger partial charge in [0.05, 0.1) is 29.4 Å². The smallest absolute Gasteiger partial charge is 0.283 e. The van der Waals surface area contributed by atoms with Crippen molar-refractivity contribution >= 4 is 40.4 Å². The highest BCUT2D eigenvalue weighted by molar-refractivity contribution is 8.16. The number of allylic oxidation sites excluding steroid dienone is 1. The normalized spacial score (nSPS) is 17.0. The van der Waals surface area contributed by atoms with Crippen molar-refractivity contribution in [3.05, 3.63) is 68.0 Å². The van der Waals surface area contributed by atoms with Gasteiger partial charge in [0, 0.05) is 23.2 Å². The quantitative estimate of drug-likeness (QED) is 0.436. The van der Waals surface area contributed by atoms with E-state index >= 15 is 0 Å². The number of aromatic nitrogens is 1. The van der Waals surface area contributed by atoms with E-state index in [0.717, 1.165) is 22.6 Å². The Morgan fingerprint density at radius 2 is 2.00 bits per heavy atom. The van der Waals surface area contributed by atoms with Gasteiger partial charge < -0.3 is 9.30 Å². The number of aryl methyl sites for hydroxylation is 1. The number of nitro groups is 1. The number of fused-ring (bicyclic) bond motifs is 1. The molecule has 0 atom stereocenters. The van der Waals surface area contributed by atoms with Crippen LogP contribution in [0.5, 0.6) is 5.75 Å². The van der Waals surface area contributed by atoms with Crippen LogP contribution in [0.25, 0.3) is 11.8 Å². The Labute approximate surface area is 182 Å². The number of benzene rings is 1. The second-order valence-corrected chi connectivity index (χ2v) is 7.93. The number of carbonyl (C=O) groups is 1. The molecule has 2 aliphatic heterocycles. The van der Waals surface area contributed by atoms with E-state index in [2.05, 4.69) is 4.99 Å². The fraction of sp³-hybridized carbons (Fsp3) is 0.190. The Balaban J connectivity index is 1.80. The Morgan fingerprint density at radius 3 is 2.68 bits per heavy atom. The molecule has 0 aliphatic carbocycles. The second-order valence-electron chi connectivity index (χ2n) is 7.09. The minimum atomic E-state index is -0.473. The van der Waals surface area contributed by atoms with E-state index in [-0.39, 0.29) is 17.1 Å². The number of thioether (sulfide) groups is 1. The molecular weight excluding hydrogens is 418 g/mol. The number of non-ortho nitro benzene ring substituents is 1. The largest absolute Gasteiger partial charge is 0.494 e. The van der Waals surface area contributed by atoms with Gasteiger partial charge in [-0.1, -0.05) is 11.8 Å². The number of nitro benzene ring substituents is 1. The summed E-state index contributed by atoms with van der Waals surface area (Å²) in [7, 11) is 1.46. The molecule has 158 valence electrons. The van der Waals surface area contributed by atoms with Gasteiger partial charge in [-0.2, -0.15) is 4.99 Å². The van der Waals surface area contributed by atoms with E-state index in [9.17, 15) is 14.9 Å². The van der Waals surface area contributed by atoms with Gasteiger partial charge in [0.1, 0.15) is 11.6 Å². The van der Waals surface area contributed by atoms with E-state index in [4.69, 9.17) is 10.1 Å². The van der Waals surface area contributed by atoms with Gasteiger partial charge in [-0.3, -0.25) is 25.2 Å². The minimum Gasteiger partial charge on any atom is -0.494 e. The highest BCUT2D eigenvalue weighted by atomic mass is 32.2. The number of hydrogen-bond donors (Lipinski definition) is 1. The summed E-state index contributed by atoms with van der Waals surface area (Å²) in [6.45, 7) is 5.64. The van der Waals surface area contributed by atoms with Crippen molar-refractivity contribution in [1.29, 1.82) is 5.41 Å². The van der Waals surface area contributed by atoms with Crippen LogP contribution in [0.4, 0.5) is 5.69 Å². The fourth-order valence-corrected chi connectivity index (χ4v) is 4.52. The first kappa shape index (κ1) is 20.6. The third kappa shape index (κ3) is 3.34. The number of nitrogens with zero attached hydrogens (tertiary/aromatic N) is 4. The summed E-state index contributed by atoms with van der Waals surface area (Å²) < 4.78 is 7.29. The Bertz CT molecular complexity index is 1250. The average molecular weight is 437 g/mol. The standard InChI is InChI=1S/C21H19N5O4S/c1-11-7-14(8-16-19(22)25-12(2)10-31-21(25)23-20(16)27)13(3)24(11)17-6-5-15(26(28)29)9-18(17)30-4/h5-10,22H,1-4H3. The molecule has 0 saturated carbocycles. The molecule has 1 aromatic heterocycles. The van der Waals surface area contributed by atoms with Crippen molar-refractivity contribution in [3.8, 4) is 11.4 Å². The van der Waals surface area contributed by atoms with Crippen LogP contribution in [-0.2, 0) is 4.79 Å². The first-order valence-corrected chi connectivity index (χ1v) is 10.2. The Hall–Kier alpha value is -3.66. The van der Waals surface area contributed by atoms with Gasteiger partial charge in [0.15, 0.2) is 5.17 Å². The Morgan fingerprint density at radius 1 is 1.26 bits per heavy atom. The lowest BCUT2D eigenvalue weighted by molar-refractivity contribution is -0.384. The lowest BCUT2D eigenvalue weighted by Crippen LogP contribution is -2.37. The molecule has 0 unspecified atom stereocenters. The van der Waals surface area contributed by atoms with Crippen LogP contribution >= 0.6 is 11.8 Å². The zero-order chi connectivity index (χ0) is 22.4. The van der Waals surface area contributed by atoms with Crippen molar-refractivity contribution in [1.82, 2.24) is 9.47 Å². The summed E-state index contributed by atoms with van der Waals surface area (Å²) in [5, 5.41) is 22.0. The summed E-state index contributed by atoms with van der Waals surface area (Å²) in [5.41, 5.74) is 4.03. The van der Waals surface area contributed by atoms with Crippen LogP contribution < -0.4 is 4.74 Å². The number of amides is 1.